The van der Waals surface area contributed by atoms with Gasteiger partial charge in [-0.05, 0) is 40.9 Å². The van der Waals surface area contributed by atoms with Crippen LogP contribution in [0.15, 0.2) is 26.3 Å². The molecule has 1 saturated carbocycles. The lowest BCUT2D eigenvalue weighted by atomic mass is 10.2. The molecule has 0 saturated heterocycles. The number of hydrogen-bond acceptors (Lipinski definition) is 3. The molecule has 0 spiro atoms. The van der Waals surface area contributed by atoms with E-state index in [4.69, 9.17) is 0 Å². The van der Waals surface area contributed by atoms with Gasteiger partial charge in [-0.1, -0.05) is 0 Å². The lowest BCUT2D eigenvalue weighted by Crippen LogP contribution is -2.09. The summed E-state index contributed by atoms with van der Waals surface area (Å²) in [6.07, 6.45) is 1.41. The molecule has 0 unspecified atom stereocenters. The largest absolute Gasteiger partial charge is 0.297 e. The first kappa shape index (κ1) is 11.0. The summed E-state index contributed by atoms with van der Waals surface area (Å²) in [7, 11) is -3.30. The van der Waals surface area contributed by atoms with Gasteiger partial charge in [-0.25, -0.2) is 8.42 Å². The average molecular weight is 317 g/mol. The molecule has 2 N–H and O–H groups in total. The Morgan fingerprint density at radius 2 is 1.94 bits per heavy atom. The molecule has 5 nitrogen and oxygen atoms in total. The minimum absolute atomic E-state index is 0.206. The first-order valence-corrected chi connectivity index (χ1v) is 7.48. The Bertz CT molecular complexity index is 755. The van der Waals surface area contributed by atoms with Gasteiger partial charge >= 0.3 is 0 Å². The Labute approximate surface area is 105 Å². The van der Waals surface area contributed by atoms with Crippen LogP contribution >= 0.6 is 15.9 Å². The van der Waals surface area contributed by atoms with Crippen molar-refractivity contribution in [2.24, 2.45) is 0 Å². The molecular weight excluding hydrogens is 308 g/mol. The molecule has 90 valence electrons. The molecule has 0 bridgehead atoms. The van der Waals surface area contributed by atoms with E-state index in [1.165, 1.54) is 6.07 Å². The van der Waals surface area contributed by atoms with Crippen molar-refractivity contribution in [1.82, 2.24) is 10.2 Å². The van der Waals surface area contributed by atoms with E-state index in [0.717, 1.165) is 0 Å². The summed E-state index contributed by atoms with van der Waals surface area (Å²) in [4.78, 5) is 11.8. The van der Waals surface area contributed by atoms with E-state index in [2.05, 4.69) is 26.1 Å². The molecule has 1 aromatic heterocycles. The number of fused-ring (bicyclic) bond motifs is 1. The van der Waals surface area contributed by atoms with Gasteiger partial charge in [0, 0.05) is 0 Å². The Hall–Kier alpha value is -1.08. The van der Waals surface area contributed by atoms with Crippen LogP contribution in [0.2, 0.25) is 0 Å². The SMILES string of the molecule is O=c1[nH][nH]c2ccc(S(=O)(=O)C3CC3)c(Br)c12. The minimum atomic E-state index is -3.30. The molecule has 1 heterocycles. The fourth-order valence-electron chi connectivity index (χ4n) is 1.85. The van der Waals surface area contributed by atoms with Gasteiger partial charge < -0.3 is 0 Å². The van der Waals surface area contributed by atoms with Gasteiger partial charge in [0.1, 0.15) is 0 Å². The highest BCUT2D eigenvalue weighted by molar-refractivity contribution is 9.10. The summed E-state index contributed by atoms with van der Waals surface area (Å²) in [5, 5.41) is 5.20. The lowest BCUT2D eigenvalue weighted by molar-refractivity contribution is 0.594. The van der Waals surface area contributed by atoms with Gasteiger partial charge in [0.15, 0.2) is 9.84 Å². The Morgan fingerprint density at radius 1 is 1.24 bits per heavy atom. The van der Waals surface area contributed by atoms with Crippen LogP contribution in [-0.4, -0.2) is 23.9 Å². The molecular formula is C10H9BrN2O3S. The van der Waals surface area contributed by atoms with E-state index in [1.807, 2.05) is 0 Å². The van der Waals surface area contributed by atoms with Crippen molar-refractivity contribution < 1.29 is 8.42 Å². The lowest BCUT2D eigenvalue weighted by Gasteiger charge is -2.05. The van der Waals surface area contributed by atoms with E-state index >= 15 is 0 Å². The van der Waals surface area contributed by atoms with Crippen molar-refractivity contribution in [3.63, 3.8) is 0 Å². The van der Waals surface area contributed by atoms with Crippen molar-refractivity contribution in [2.45, 2.75) is 23.0 Å². The van der Waals surface area contributed by atoms with E-state index in [-0.39, 0.29) is 15.7 Å². The summed E-state index contributed by atoms with van der Waals surface area (Å²) >= 11 is 3.22. The molecule has 0 aliphatic heterocycles. The van der Waals surface area contributed by atoms with Crippen molar-refractivity contribution in [3.8, 4) is 0 Å². The number of hydrogen-bond donors (Lipinski definition) is 2. The molecule has 0 amide bonds. The number of benzene rings is 1. The van der Waals surface area contributed by atoms with Crippen LogP contribution in [-0.2, 0) is 9.84 Å². The molecule has 3 rings (SSSR count). The molecule has 17 heavy (non-hydrogen) atoms. The fraction of sp³-hybridized carbons (Fsp3) is 0.300. The third kappa shape index (κ3) is 1.56. The van der Waals surface area contributed by atoms with Crippen molar-refractivity contribution >= 4 is 36.7 Å². The van der Waals surface area contributed by atoms with Gasteiger partial charge in [-0.15, -0.1) is 0 Å². The molecule has 1 fully saturated rings. The second-order valence-corrected chi connectivity index (χ2v) is 7.11. The highest BCUT2D eigenvalue weighted by Gasteiger charge is 2.38. The Morgan fingerprint density at radius 3 is 2.59 bits per heavy atom. The third-order valence-electron chi connectivity index (χ3n) is 2.91. The van der Waals surface area contributed by atoms with Gasteiger partial charge in [-0.2, -0.15) is 0 Å². The van der Waals surface area contributed by atoms with E-state index < -0.39 is 9.84 Å². The standard InChI is InChI=1S/C10H9BrN2O3S/c11-9-7(17(15,16)5-1-2-5)4-3-6-8(9)10(14)13-12-6/h3-5H,1-2H2,(H2,12,13,14). The molecule has 1 aliphatic carbocycles. The molecule has 0 radical (unpaired) electrons. The van der Waals surface area contributed by atoms with Crippen LogP contribution < -0.4 is 5.56 Å². The van der Waals surface area contributed by atoms with Crippen molar-refractivity contribution in [2.75, 3.05) is 0 Å². The Balaban J connectivity index is 2.35. The van der Waals surface area contributed by atoms with Crippen LogP contribution in [0, 0.1) is 0 Å². The maximum absolute atomic E-state index is 12.1. The van der Waals surface area contributed by atoms with E-state index in [9.17, 15) is 13.2 Å². The second-order valence-electron chi connectivity index (χ2n) is 4.12. The topological polar surface area (TPSA) is 82.8 Å². The summed E-state index contributed by atoms with van der Waals surface area (Å²) in [6.45, 7) is 0. The summed E-state index contributed by atoms with van der Waals surface area (Å²) < 4.78 is 24.6. The smallest absolute Gasteiger partial charge is 0.272 e. The number of nitrogens with one attached hydrogen (secondary N) is 2. The highest BCUT2D eigenvalue weighted by atomic mass is 79.9. The number of rotatable bonds is 2. The molecule has 1 aromatic carbocycles. The zero-order valence-electron chi connectivity index (χ0n) is 8.66. The van der Waals surface area contributed by atoms with Crippen LogP contribution in [0.3, 0.4) is 0 Å². The van der Waals surface area contributed by atoms with Gasteiger partial charge in [-0.3, -0.25) is 15.0 Å². The summed E-state index contributed by atoms with van der Waals surface area (Å²) in [6, 6.07) is 3.14. The third-order valence-corrected chi connectivity index (χ3v) is 6.30. The summed E-state index contributed by atoms with van der Waals surface area (Å²) in [5.41, 5.74) is 0.274. The first-order valence-electron chi connectivity index (χ1n) is 5.14. The van der Waals surface area contributed by atoms with Crippen LogP contribution in [0.25, 0.3) is 10.9 Å². The highest BCUT2D eigenvalue weighted by Crippen LogP contribution is 2.38. The summed E-state index contributed by atoms with van der Waals surface area (Å²) in [5.74, 6) is 0. The van der Waals surface area contributed by atoms with Crippen LogP contribution in [0.4, 0.5) is 0 Å². The predicted octanol–water partition coefficient (Wildman–Crippen LogP) is 1.55. The number of sulfone groups is 1. The van der Waals surface area contributed by atoms with Gasteiger partial charge in [0.2, 0.25) is 0 Å². The Kier molecular flexibility index (Phi) is 2.24. The quantitative estimate of drug-likeness (QED) is 0.882. The van der Waals surface area contributed by atoms with E-state index in [0.29, 0.717) is 28.2 Å². The maximum atomic E-state index is 12.1. The second kappa shape index (κ2) is 3.46. The number of aromatic amines is 2. The normalized spacial score (nSPS) is 16.5. The average Bonchev–Trinajstić information content (AvgIpc) is 3.05. The molecule has 7 heteroatoms. The number of aromatic nitrogens is 2. The van der Waals surface area contributed by atoms with Crippen LogP contribution in [0.1, 0.15) is 12.8 Å². The zero-order chi connectivity index (χ0) is 12.2. The predicted molar refractivity (Wildman–Crippen MR) is 66.8 cm³/mol. The first-order chi connectivity index (χ1) is 8.01. The fourth-order valence-corrected chi connectivity index (χ4v) is 4.78. The van der Waals surface area contributed by atoms with Gasteiger partial charge in [0.05, 0.1) is 25.5 Å². The van der Waals surface area contributed by atoms with Crippen LogP contribution in [0.5, 0.6) is 0 Å². The zero-order valence-corrected chi connectivity index (χ0v) is 11.1. The minimum Gasteiger partial charge on any atom is -0.297 e. The van der Waals surface area contributed by atoms with E-state index in [1.54, 1.807) is 6.07 Å². The monoisotopic (exact) mass is 316 g/mol. The molecule has 1 aliphatic rings. The number of H-pyrrole nitrogens is 2. The molecule has 0 atom stereocenters. The van der Waals surface area contributed by atoms with Gasteiger partial charge in [0.25, 0.3) is 5.56 Å². The number of halogens is 1. The molecule has 2 aromatic rings. The van der Waals surface area contributed by atoms with Crippen molar-refractivity contribution in [3.05, 3.63) is 27.0 Å². The maximum Gasteiger partial charge on any atom is 0.272 e. The van der Waals surface area contributed by atoms with Crippen molar-refractivity contribution in [1.29, 1.82) is 0 Å².